The minimum Gasteiger partial charge on any atom is -0.395 e. The van der Waals surface area contributed by atoms with E-state index in [0.717, 1.165) is 11.4 Å². The molecule has 0 aliphatic rings. The summed E-state index contributed by atoms with van der Waals surface area (Å²) in [6.07, 6.45) is 0.494. The largest absolute Gasteiger partial charge is 0.395 e. The molecule has 0 atom stereocenters. The van der Waals surface area contributed by atoms with Gasteiger partial charge in [0.05, 0.1) is 18.0 Å². The van der Waals surface area contributed by atoms with Crippen molar-refractivity contribution in [1.82, 2.24) is 4.90 Å². The van der Waals surface area contributed by atoms with Crippen LogP contribution in [0.15, 0.2) is 12.1 Å². The van der Waals surface area contributed by atoms with Gasteiger partial charge in [-0.1, -0.05) is 25.7 Å². The molecule has 0 saturated heterocycles. The van der Waals surface area contributed by atoms with E-state index >= 15 is 0 Å². The Morgan fingerprint density at radius 3 is 2.85 bits per heavy atom. The maximum atomic E-state index is 11.1. The van der Waals surface area contributed by atoms with Crippen LogP contribution < -0.4 is 5.73 Å². The number of aliphatic hydroxyl groups excluding tert-OH is 1. The van der Waals surface area contributed by atoms with E-state index in [0.29, 0.717) is 18.9 Å². The zero-order valence-corrected chi connectivity index (χ0v) is 12.9. The second-order valence-electron chi connectivity index (χ2n) is 5.07. The van der Waals surface area contributed by atoms with Crippen LogP contribution in [0.5, 0.6) is 0 Å². The van der Waals surface area contributed by atoms with Crippen molar-refractivity contribution < 1.29 is 9.90 Å². The van der Waals surface area contributed by atoms with E-state index in [1.807, 2.05) is 12.1 Å². The maximum absolute atomic E-state index is 11.1. The first-order chi connectivity index (χ1) is 9.51. The van der Waals surface area contributed by atoms with Crippen LogP contribution in [0.2, 0.25) is 0 Å². The number of amides is 1. The van der Waals surface area contributed by atoms with Crippen molar-refractivity contribution in [3.8, 4) is 11.8 Å². The molecule has 20 heavy (non-hydrogen) atoms. The molecule has 4 nitrogen and oxygen atoms in total. The number of aliphatic hydroxyl groups is 1. The molecular weight excluding hydrogens is 272 g/mol. The molecule has 0 bridgehead atoms. The molecule has 0 aliphatic heterocycles. The molecule has 0 aromatic carbocycles. The van der Waals surface area contributed by atoms with Crippen LogP contribution in [0.3, 0.4) is 0 Å². The molecule has 5 heteroatoms. The average molecular weight is 294 g/mol. The van der Waals surface area contributed by atoms with Gasteiger partial charge in [-0.2, -0.15) is 0 Å². The zero-order valence-electron chi connectivity index (χ0n) is 12.1. The number of rotatable bonds is 7. The van der Waals surface area contributed by atoms with E-state index in [9.17, 15) is 4.79 Å². The quantitative estimate of drug-likeness (QED) is 0.748. The Labute approximate surface area is 124 Å². The van der Waals surface area contributed by atoms with Gasteiger partial charge in [0.25, 0.3) is 0 Å². The molecule has 0 saturated carbocycles. The molecule has 3 N–H and O–H groups in total. The fourth-order valence-corrected chi connectivity index (χ4v) is 2.80. The van der Waals surface area contributed by atoms with Crippen molar-refractivity contribution in [3.05, 3.63) is 21.9 Å². The number of nitrogens with zero attached hydrogens (tertiary/aromatic N) is 1. The van der Waals surface area contributed by atoms with Gasteiger partial charge in [0.2, 0.25) is 5.91 Å². The third kappa shape index (κ3) is 6.71. The number of primary amides is 1. The summed E-state index contributed by atoms with van der Waals surface area (Å²) in [5.41, 5.74) is 5.29. The van der Waals surface area contributed by atoms with Crippen LogP contribution >= 0.6 is 11.3 Å². The Kier molecular flexibility index (Phi) is 7.31. The molecule has 1 aromatic heterocycles. The summed E-state index contributed by atoms with van der Waals surface area (Å²) < 4.78 is 0. The summed E-state index contributed by atoms with van der Waals surface area (Å²) in [7, 11) is 0. The highest BCUT2D eigenvalue weighted by Gasteiger charge is 2.12. The number of hydrogen-bond donors (Lipinski definition) is 2. The molecule has 0 aliphatic carbocycles. The van der Waals surface area contributed by atoms with Gasteiger partial charge in [0.15, 0.2) is 0 Å². The van der Waals surface area contributed by atoms with Gasteiger partial charge in [-0.25, -0.2) is 0 Å². The minimum absolute atomic E-state index is 0.0893. The van der Waals surface area contributed by atoms with Crippen LogP contribution in [0.4, 0.5) is 0 Å². The lowest BCUT2D eigenvalue weighted by Gasteiger charge is -2.21. The zero-order chi connectivity index (χ0) is 15.0. The highest BCUT2D eigenvalue weighted by atomic mass is 32.1. The molecule has 1 rings (SSSR count). The summed E-state index contributed by atoms with van der Waals surface area (Å²) in [6.45, 7) is 6.16. The molecule has 0 spiro atoms. The lowest BCUT2D eigenvalue weighted by atomic mass is 10.2. The second-order valence-corrected chi connectivity index (χ2v) is 6.24. The van der Waals surface area contributed by atoms with Crippen molar-refractivity contribution in [2.45, 2.75) is 26.8 Å². The second kappa shape index (κ2) is 8.75. The minimum atomic E-state index is -0.301. The van der Waals surface area contributed by atoms with E-state index in [1.54, 1.807) is 11.3 Å². The molecule has 110 valence electrons. The smallest absolute Gasteiger partial charge is 0.231 e. The van der Waals surface area contributed by atoms with Gasteiger partial charge in [-0.05, 0) is 18.1 Å². The first-order valence-electron chi connectivity index (χ1n) is 6.70. The monoisotopic (exact) mass is 294 g/mol. The van der Waals surface area contributed by atoms with Crippen molar-refractivity contribution in [2.24, 2.45) is 11.7 Å². The van der Waals surface area contributed by atoms with Crippen LogP contribution in [-0.2, 0) is 11.3 Å². The van der Waals surface area contributed by atoms with Gasteiger partial charge in [-0.3, -0.25) is 9.69 Å². The maximum Gasteiger partial charge on any atom is 0.231 e. The standard InChI is InChI=1S/C15H22N2O2S/c1-12(2)9-17(11-15(16)19)10-14-7-6-13(20-14)5-3-4-8-18/h6-7,12,18H,4,8-11H2,1-2H3,(H2,16,19). The van der Waals surface area contributed by atoms with Crippen LogP contribution in [0, 0.1) is 17.8 Å². The SMILES string of the molecule is CC(C)CN(CC(N)=O)Cc1ccc(C#CCCO)s1. The first-order valence-corrected chi connectivity index (χ1v) is 7.52. The summed E-state index contributed by atoms with van der Waals surface area (Å²) in [6, 6.07) is 4.00. The molecule has 1 aromatic rings. The van der Waals surface area contributed by atoms with E-state index in [2.05, 4.69) is 30.6 Å². The molecule has 1 heterocycles. The van der Waals surface area contributed by atoms with Gasteiger partial charge in [-0.15, -0.1) is 11.3 Å². The Balaban J connectivity index is 2.64. The predicted octanol–water partition coefficient (Wildman–Crippen LogP) is 1.43. The molecular formula is C15H22N2O2S. The fourth-order valence-electron chi connectivity index (χ4n) is 1.88. The van der Waals surface area contributed by atoms with Crippen LogP contribution in [0.25, 0.3) is 0 Å². The Morgan fingerprint density at radius 1 is 1.50 bits per heavy atom. The fraction of sp³-hybridized carbons (Fsp3) is 0.533. The molecule has 1 amide bonds. The third-order valence-electron chi connectivity index (χ3n) is 2.49. The highest BCUT2D eigenvalue weighted by Crippen LogP contribution is 2.18. The summed E-state index contributed by atoms with van der Waals surface area (Å²) >= 11 is 1.62. The Morgan fingerprint density at radius 2 is 2.25 bits per heavy atom. The van der Waals surface area contributed by atoms with Crippen LogP contribution in [-0.4, -0.2) is 35.6 Å². The lowest BCUT2D eigenvalue weighted by Crippen LogP contribution is -2.35. The van der Waals surface area contributed by atoms with Gasteiger partial charge < -0.3 is 10.8 Å². The van der Waals surface area contributed by atoms with Crippen LogP contribution in [0.1, 0.15) is 30.0 Å². The van der Waals surface area contributed by atoms with E-state index < -0.39 is 0 Å². The molecule has 0 fully saturated rings. The highest BCUT2D eigenvalue weighted by molar-refractivity contribution is 7.12. The van der Waals surface area contributed by atoms with Crippen molar-refractivity contribution in [3.63, 3.8) is 0 Å². The van der Waals surface area contributed by atoms with Gasteiger partial charge >= 0.3 is 0 Å². The van der Waals surface area contributed by atoms with E-state index in [4.69, 9.17) is 10.8 Å². The topological polar surface area (TPSA) is 66.6 Å². The Bertz CT molecular complexity index is 486. The average Bonchev–Trinajstić information content (AvgIpc) is 2.75. The Hall–Kier alpha value is -1.35. The normalized spacial score (nSPS) is 10.7. The van der Waals surface area contributed by atoms with E-state index in [1.165, 1.54) is 4.88 Å². The molecule has 0 radical (unpaired) electrons. The van der Waals surface area contributed by atoms with Crippen molar-refractivity contribution in [1.29, 1.82) is 0 Å². The van der Waals surface area contributed by atoms with Gasteiger partial charge in [0.1, 0.15) is 0 Å². The summed E-state index contributed by atoms with van der Waals surface area (Å²) in [5.74, 6) is 6.11. The number of thiophene rings is 1. The summed E-state index contributed by atoms with van der Waals surface area (Å²) in [4.78, 5) is 15.3. The summed E-state index contributed by atoms with van der Waals surface area (Å²) in [5, 5.41) is 8.69. The number of carbonyl (C=O) groups is 1. The third-order valence-corrected chi connectivity index (χ3v) is 3.48. The van der Waals surface area contributed by atoms with E-state index in [-0.39, 0.29) is 19.1 Å². The lowest BCUT2D eigenvalue weighted by molar-refractivity contribution is -0.119. The van der Waals surface area contributed by atoms with Crippen molar-refractivity contribution in [2.75, 3.05) is 19.7 Å². The van der Waals surface area contributed by atoms with Gasteiger partial charge in [0, 0.05) is 24.4 Å². The number of hydrogen-bond acceptors (Lipinski definition) is 4. The molecule has 0 unspecified atom stereocenters. The van der Waals surface area contributed by atoms with Crippen molar-refractivity contribution >= 4 is 17.2 Å². The first kappa shape index (κ1) is 16.7. The number of carbonyl (C=O) groups excluding carboxylic acids is 1. The number of nitrogens with two attached hydrogens (primary N) is 1. The predicted molar refractivity (Wildman–Crippen MR) is 82.2 cm³/mol.